The van der Waals surface area contributed by atoms with E-state index in [1.165, 1.54) is 11.3 Å². The van der Waals surface area contributed by atoms with Crippen molar-refractivity contribution < 1.29 is 9.53 Å². The summed E-state index contributed by atoms with van der Waals surface area (Å²) in [5, 5.41) is 13.0. The van der Waals surface area contributed by atoms with Gasteiger partial charge in [-0.3, -0.25) is 4.79 Å². The van der Waals surface area contributed by atoms with Gasteiger partial charge in [-0.2, -0.15) is 5.10 Å². The molecule has 2 N–H and O–H groups in total. The van der Waals surface area contributed by atoms with E-state index >= 15 is 0 Å². The van der Waals surface area contributed by atoms with Gasteiger partial charge in [0.25, 0.3) is 5.91 Å². The Bertz CT molecular complexity index is 871. The third-order valence-electron chi connectivity index (χ3n) is 4.08. The van der Waals surface area contributed by atoms with Crippen LogP contribution in [0.4, 0.5) is 0 Å². The molecule has 26 heavy (non-hydrogen) atoms. The summed E-state index contributed by atoms with van der Waals surface area (Å²) in [4.78, 5) is 16.7. The van der Waals surface area contributed by atoms with Gasteiger partial charge in [0.15, 0.2) is 0 Å². The van der Waals surface area contributed by atoms with Gasteiger partial charge in [0.1, 0.15) is 10.7 Å². The molecular formula is C18H19N5O2S. The molecule has 1 aromatic carbocycles. The van der Waals surface area contributed by atoms with Crippen molar-refractivity contribution in [2.24, 2.45) is 0 Å². The largest absolute Gasteiger partial charge is 0.374 e. The first-order valence-electron chi connectivity index (χ1n) is 8.46. The van der Waals surface area contributed by atoms with Gasteiger partial charge in [-0.15, -0.1) is 11.3 Å². The van der Waals surface area contributed by atoms with E-state index < -0.39 is 0 Å². The highest BCUT2D eigenvalue weighted by molar-refractivity contribution is 7.13. The number of benzene rings is 1. The second kappa shape index (κ2) is 7.77. The molecule has 7 nitrogen and oxygen atoms in total. The highest BCUT2D eigenvalue weighted by Gasteiger charge is 2.17. The molecule has 0 spiro atoms. The maximum atomic E-state index is 12.3. The lowest BCUT2D eigenvalue weighted by Crippen LogP contribution is -2.45. The lowest BCUT2D eigenvalue weighted by Gasteiger charge is -2.23. The van der Waals surface area contributed by atoms with Crippen LogP contribution in [0.15, 0.2) is 48.1 Å². The van der Waals surface area contributed by atoms with E-state index in [0.717, 1.165) is 29.3 Å². The zero-order chi connectivity index (χ0) is 17.8. The van der Waals surface area contributed by atoms with E-state index in [4.69, 9.17) is 4.74 Å². The van der Waals surface area contributed by atoms with Crippen molar-refractivity contribution in [2.45, 2.75) is 6.10 Å². The maximum Gasteiger partial charge on any atom is 0.270 e. The van der Waals surface area contributed by atoms with Crippen molar-refractivity contribution in [3.8, 4) is 16.3 Å². The Hall–Kier alpha value is -2.55. The highest BCUT2D eigenvalue weighted by atomic mass is 32.1. The van der Waals surface area contributed by atoms with Gasteiger partial charge < -0.3 is 15.4 Å². The first kappa shape index (κ1) is 16.9. The van der Waals surface area contributed by atoms with Gasteiger partial charge in [0, 0.05) is 36.8 Å². The SMILES string of the molecule is O=C(NCC1CNCCO1)c1csc(-c2cnn(-c3ccccc3)c2)n1. The first-order chi connectivity index (χ1) is 12.8. The summed E-state index contributed by atoms with van der Waals surface area (Å²) in [6, 6.07) is 9.87. The summed E-state index contributed by atoms with van der Waals surface area (Å²) in [6.45, 7) is 2.76. The monoisotopic (exact) mass is 369 g/mol. The van der Waals surface area contributed by atoms with Crippen LogP contribution in [0.25, 0.3) is 16.3 Å². The fourth-order valence-corrected chi connectivity index (χ4v) is 3.49. The number of morpholine rings is 1. The topological polar surface area (TPSA) is 81.1 Å². The third kappa shape index (κ3) is 3.82. The standard InChI is InChI=1S/C18H19N5O2S/c24-17(20-10-15-9-19-6-7-25-15)16-12-26-18(22-16)13-8-21-23(11-13)14-4-2-1-3-5-14/h1-5,8,11-12,15,19H,6-7,9-10H2,(H,20,24). The Labute approximate surface area is 155 Å². The van der Waals surface area contributed by atoms with Crippen LogP contribution in [-0.4, -0.2) is 53.0 Å². The number of carbonyl (C=O) groups excluding carboxylic acids is 1. The molecule has 1 saturated heterocycles. The molecule has 3 aromatic rings. The molecule has 2 aromatic heterocycles. The van der Waals surface area contributed by atoms with E-state index in [2.05, 4.69) is 20.7 Å². The van der Waals surface area contributed by atoms with E-state index in [-0.39, 0.29) is 12.0 Å². The molecule has 8 heteroatoms. The zero-order valence-corrected chi connectivity index (χ0v) is 14.9. The summed E-state index contributed by atoms with van der Waals surface area (Å²) in [7, 11) is 0. The highest BCUT2D eigenvalue weighted by Crippen LogP contribution is 2.24. The van der Waals surface area contributed by atoms with Crippen molar-refractivity contribution in [2.75, 3.05) is 26.2 Å². The number of nitrogens with zero attached hydrogens (tertiary/aromatic N) is 3. The predicted molar refractivity (Wildman–Crippen MR) is 99.6 cm³/mol. The Kier molecular flexibility index (Phi) is 5.05. The van der Waals surface area contributed by atoms with Crippen LogP contribution in [0, 0.1) is 0 Å². The zero-order valence-electron chi connectivity index (χ0n) is 14.1. The van der Waals surface area contributed by atoms with Gasteiger partial charge in [-0.25, -0.2) is 9.67 Å². The molecule has 1 aliphatic heterocycles. The summed E-state index contributed by atoms with van der Waals surface area (Å²) < 4.78 is 7.37. The van der Waals surface area contributed by atoms with Crippen LogP contribution in [0.5, 0.6) is 0 Å². The predicted octanol–water partition coefficient (Wildman–Crippen LogP) is 1.71. The molecule has 4 rings (SSSR count). The fraction of sp³-hybridized carbons (Fsp3) is 0.278. The van der Waals surface area contributed by atoms with E-state index in [9.17, 15) is 4.79 Å². The molecule has 1 fully saturated rings. The van der Waals surface area contributed by atoms with E-state index in [1.807, 2.05) is 36.5 Å². The van der Waals surface area contributed by atoms with Gasteiger partial charge in [-0.1, -0.05) is 18.2 Å². The molecule has 0 radical (unpaired) electrons. The lowest BCUT2D eigenvalue weighted by atomic mass is 10.3. The maximum absolute atomic E-state index is 12.3. The quantitative estimate of drug-likeness (QED) is 0.716. The molecule has 1 aliphatic rings. The second-order valence-electron chi connectivity index (χ2n) is 5.95. The number of thiazole rings is 1. The van der Waals surface area contributed by atoms with E-state index in [0.29, 0.717) is 18.8 Å². The number of para-hydroxylation sites is 1. The van der Waals surface area contributed by atoms with Crippen molar-refractivity contribution in [3.05, 3.63) is 53.8 Å². The van der Waals surface area contributed by atoms with Crippen LogP contribution in [-0.2, 0) is 4.74 Å². The van der Waals surface area contributed by atoms with Crippen LogP contribution < -0.4 is 10.6 Å². The summed E-state index contributed by atoms with van der Waals surface area (Å²) in [6.07, 6.45) is 3.68. The number of hydrogen-bond donors (Lipinski definition) is 2. The van der Waals surface area contributed by atoms with Gasteiger partial charge >= 0.3 is 0 Å². The Balaban J connectivity index is 1.41. The molecule has 1 unspecified atom stereocenters. The average molecular weight is 369 g/mol. The molecule has 1 atom stereocenters. The smallest absolute Gasteiger partial charge is 0.270 e. The lowest BCUT2D eigenvalue weighted by molar-refractivity contribution is 0.0287. The minimum atomic E-state index is -0.183. The molecular weight excluding hydrogens is 350 g/mol. The number of rotatable bonds is 5. The minimum Gasteiger partial charge on any atom is -0.374 e. The Morgan fingerprint density at radius 2 is 2.27 bits per heavy atom. The van der Waals surface area contributed by atoms with Crippen molar-refractivity contribution in [1.82, 2.24) is 25.4 Å². The summed E-state index contributed by atoms with van der Waals surface area (Å²) in [5.41, 5.74) is 2.29. The van der Waals surface area contributed by atoms with Gasteiger partial charge in [0.2, 0.25) is 0 Å². The average Bonchev–Trinajstić information content (AvgIpc) is 3.37. The van der Waals surface area contributed by atoms with Crippen LogP contribution in [0.3, 0.4) is 0 Å². The third-order valence-corrected chi connectivity index (χ3v) is 4.97. The minimum absolute atomic E-state index is 0.00918. The Morgan fingerprint density at radius 1 is 1.38 bits per heavy atom. The van der Waals surface area contributed by atoms with Gasteiger partial charge in [-0.05, 0) is 12.1 Å². The Morgan fingerprint density at radius 3 is 3.08 bits per heavy atom. The fourth-order valence-electron chi connectivity index (χ4n) is 2.71. The number of hydrogen-bond acceptors (Lipinski definition) is 6. The van der Waals surface area contributed by atoms with Crippen molar-refractivity contribution in [1.29, 1.82) is 0 Å². The number of ether oxygens (including phenoxy) is 1. The van der Waals surface area contributed by atoms with Gasteiger partial charge in [0.05, 0.1) is 24.6 Å². The number of amides is 1. The van der Waals surface area contributed by atoms with Crippen LogP contribution >= 0.6 is 11.3 Å². The van der Waals surface area contributed by atoms with Crippen LogP contribution in [0.1, 0.15) is 10.5 Å². The second-order valence-corrected chi connectivity index (χ2v) is 6.81. The molecule has 0 aliphatic carbocycles. The molecule has 134 valence electrons. The molecule has 0 saturated carbocycles. The molecule has 1 amide bonds. The summed E-state index contributed by atoms with van der Waals surface area (Å²) >= 11 is 1.43. The number of carbonyl (C=O) groups is 1. The number of nitrogens with one attached hydrogen (secondary N) is 2. The molecule has 3 heterocycles. The first-order valence-corrected chi connectivity index (χ1v) is 9.34. The van der Waals surface area contributed by atoms with E-state index in [1.54, 1.807) is 16.3 Å². The number of aromatic nitrogens is 3. The van der Waals surface area contributed by atoms with Crippen LogP contribution in [0.2, 0.25) is 0 Å². The van der Waals surface area contributed by atoms with Crippen molar-refractivity contribution in [3.63, 3.8) is 0 Å². The normalized spacial score (nSPS) is 17.2. The van der Waals surface area contributed by atoms with Crippen molar-refractivity contribution >= 4 is 17.2 Å². The molecule has 0 bridgehead atoms. The summed E-state index contributed by atoms with van der Waals surface area (Å²) in [5.74, 6) is -0.183.